The van der Waals surface area contributed by atoms with E-state index in [1.807, 2.05) is 13.0 Å². The third-order valence-electron chi connectivity index (χ3n) is 2.52. The summed E-state index contributed by atoms with van der Waals surface area (Å²) in [5.74, 6) is -0.252. The van der Waals surface area contributed by atoms with Gasteiger partial charge in [-0.2, -0.15) is 0 Å². The second-order valence-corrected chi connectivity index (χ2v) is 3.76. The zero-order valence-electron chi connectivity index (χ0n) is 9.62. The molecule has 3 nitrogen and oxygen atoms in total. The van der Waals surface area contributed by atoms with Gasteiger partial charge in [-0.25, -0.2) is 4.39 Å². The van der Waals surface area contributed by atoms with Crippen molar-refractivity contribution in [3.8, 4) is 0 Å². The molecule has 16 heavy (non-hydrogen) atoms. The molecule has 90 valence electrons. The van der Waals surface area contributed by atoms with Gasteiger partial charge in [-0.3, -0.25) is 4.90 Å². The minimum absolute atomic E-state index is 0.118. The van der Waals surface area contributed by atoms with Crippen molar-refractivity contribution >= 4 is 0 Å². The second kappa shape index (κ2) is 6.58. The first-order valence-corrected chi connectivity index (χ1v) is 5.51. The first kappa shape index (κ1) is 13.1. The van der Waals surface area contributed by atoms with Crippen molar-refractivity contribution in [3.63, 3.8) is 0 Å². The number of nitrogens with two attached hydrogens (primary N) is 1. The number of hydrogen-bond donors (Lipinski definition) is 2. The first-order valence-electron chi connectivity index (χ1n) is 5.51. The lowest BCUT2D eigenvalue weighted by atomic mass is 10.1. The number of benzene rings is 1. The molecular weight excluding hydrogens is 207 g/mol. The van der Waals surface area contributed by atoms with Crippen LogP contribution >= 0.6 is 0 Å². The van der Waals surface area contributed by atoms with E-state index >= 15 is 0 Å². The Morgan fingerprint density at radius 3 is 2.56 bits per heavy atom. The van der Waals surface area contributed by atoms with Crippen LogP contribution in [0.15, 0.2) is 18.2 Å². The predicted octanol–water partition coefficient (Wildman–Crippen LogP) is 1.10. The fraction of sp³-hybridized carbons (Fsp3) is 0.500. The van der Waals surface area contributed by atoms with Gasteiger partial charge in [-0.05, 0) is 29.8 Å². The van der Waals surface area contributed by atoms with Crippen molar-refractivity contribution in [2.75, 3.05) is 19.7 Å². The van der Waals surface area contributed by atoms with Crippen molar-refractivity contribution in [1.82, 2.24) is 4.90 Å². The molecule has 1 aromatic carbocycles. The van der Waals surface area contributed by atoms with Gasteiger partial charge in [-0.15, -0.1) is 0 Å². The quantitative estimate of drug-likeness (QED) is 0.763. The molecule has 3 N–H and O–H groups in total. The monoisotopic (exact) mass is 226 g/mol. The van der Waals surface area contributed by atoms with E-state index in [-0.39, 0.29) is 12.4 Å². The zero-order chi connectivity index (χ0) is 12.0. The van der Waals surface area contributed by atoms with E-state index in [1.165, 1.54) is 12.1 Å². The average molecular weight is 226 g/mol. The molecule has 0 spiro atoms. The lowest BCUT2D eigenvalue weighted by Gasteiger charge is -2.19. The average Bonchev–Trinajstić information content (AvgIpc) is 2.27. The number of nitrogens with zero attached hydrogens (tertiary/aromatic N) is 1. The Morgan fingerprint density at radius 2 is 2.00 bits per heavy atom. The molecule has 1 rings (SSSR count). The van der Waals surface area contributed by atoms with Crippen LogP contribution in [0, 0.1) is 5.82 Å². The summed E-state index contributed by atoms with van der Waals surface area (Å²) in [6.45, 7) is 4.55. The molecule has 0 bridgehead atoms. The van der Waals surface area contributed by atoms with E-state index in [1.54, 1.807) is 0 Å². The molecule has 0 saturated heterocycles. The van der Waals surface area contributed by atoms with Gasteiger partial charge in [0, 0.05) is 19.6 Å². The van der Waals surface area contributed by atoms with Crippen LogP contribution in [0.3, 0.4) is 0 Å². The number of hydrogen-bond acceptors (Lipinski definition) is 3. The van der Waals surface area contributed by atoms with E-state index in [9.17, 15) is 4.39 Å². The maximum Gasteiger partial charge on any atom is 0.123 e. The van der Waals surface area contributed by atoms with Crippen molar-refractivity contribution in [2.45, 2.75) is 20.0 Å². The van der Waals surface area contributed by atoms with E-state index in [0.29, 0.717) is 19.6 Å². The molecule has 1 aromatic rings. The van der Waals surface area contributed by atoms with Gasteiger partial charge in [0.1, 0.15) is 5.82 Å². The Labute approximate surface area is 95.7 Å². The van der Waals surface area contributed by atoms with Crippen LogP contribution in [-0.2, 0) is 13.1 Å². The van der Waals surface area contributed by atoms with Crippen LogP contribution in [0.5, 0.6) is 0 Å². The Bertz CT molecular complexity index is 331. The highest BCUT2D eigenvalue weighted by molar-refractivity contribution is 5.24. The lowest BCUT2D eigenvalue weighted by molar-refractivity contribution is 0.196. The molecule has 0 amide bonds. The zero-order valence-corrected chi connectivity index (χ0v) is 9.62. The summed E-state index contributed by atoms with van der Waals surface area (Å²) >= 11 is 0. The van der Waals surface area contributed by atoms with Crippen LogP contribution in [0.2, 0.25) is 0 Å². The highest BCUT2D eigenvalue weighted by Crippen LogP contribution is 2.11. The van der Waals surface area contributed by atoms with E-state index in [2.05, 4.69) is 4.90 Å². The summed E-state index contributed by atoms with van der Waals surface area (Å²) in [6, 6.07) is 4.87. The number of aliphatic hydroxyl groups is 1. The van der Waals surface area contributed by atoms with Gasteiger partial charge < -0.3 is 10.8 Å². The minimum atomic E-state index is -0.252. The molecule has 0 radical (unpaired) electrons. The summed E-state index contributed by atoms with van der Waals surface area (Å²) in [5.41, 5.74) is 7.19. The van der Waals surface area contributed by atoms with Crippen molar-refractivity contribution in [2.24, 2.45) is 5.73 Å². The summed E-state index contributed by atoms with van der Waals surface area (Å²) in [5, 5.41) is 8.87. The third-order valence-corrected chi connectivity index (χ3v) is 2.52. The van der Waals surface area contributed by atoms with Gasteiger partial charge in [0.25, 0.3) is 0 Å². The summed E-state index contributed by atoms with van der Waals surface area (Å²) in [7, 11) is 0. The maximum atomic E-state index is 13.2. The standard InChI is InChI=1S/C12H19FN2O/c1-2-15(3-4-16)9-11-5-10(8-14)6-12(13)7-11/h5-7,16H,2-4,8-9,14H2,1H3. The normalized spacial score (nSPS) is 11.1. The van der Waals surface area contributed by atoms with Gasteiger partial charge in [0.15, 0.2) is 0 Å². The van der Waals surface area contributed by atoms with Crippen LogP contribution < -0.4 is 5.73 Å². The highest BCUT2D eigenvalue weighted by Gasteiger charge is 2.05. The second-order valence-electron chi connectivity index (χ2n) is 3.76. The number of likely N-dealkylation sites (N-methyl/N-ethyl adjacent to an activating group) is 1. The first-order chi connectivity index (χ1) is 7.69. The van der Waals surface area contributed by atoms with Gasteiger partial charge in [0.05, 0.1) is 6.61 Å². The highest BCUT2D eigenvalue weighted by atomic mass is 19.1. The Balaban J connectivity index is 2.74. The van der Waals surface area contributed by atoms with Crippen LogP contribution in [-0.4, -0.2) is 29.7 Å². The SMILES string of the molecule is CCN(CCO)Cc1cc(F)cc(CN)c1. The Hall–Kier alpha value is -0.970. The fourth-order valence-electron chi connectivity index (χ4n) is 1.68. The fourth-order valence-corrected chi connectivity index (χ4v) is 1.68. The maximum absolute atomic E-state index is 13.2. The van der Waals surface area contributed by atoms with Gasteiger partial charge >= 0.3 is 0 Å². The molecule has 0 unspecified atom stereocenters. The van der Waals surface area contributed by atoms with Crippen LogP contribution in [0.4, 0.5) is 4.39 Å². The molecule has 0 aliphatic heterocycles. The molecular formula is C12H19FN2O. The van der Waals surface area contributed by atoms with Gasteiger partial charge in [-0.1, -0.05) is 13.0 Å². The summed E-state index contributed by atoms with van der Waals surface area (Å²) in [6.07, 6.45) is 0. The topological polar surface area (TPSA) is 49.5 Å². The van der Waals surface area contributed by atoms with Crippen LogP contribution in [0.1, 0.15) is 18.1 Å². The molecule has 0 aliphatic rings. The smallest absolute Gasteiger partial charge is 0.123 e. The molecule has 0 aliphatic carbocycles. The molecule has 0 saturated carbocycles. The number of rotatable bonds is 6. The summed E-state index contributed by atoms with van der Waals surface area (Å²) < 4.78 is 13.2. The number of aliphatic hydroxyl groups excluding tert-OH is 1. The largest absolute Gasteiger partial charge is 0.395 e. The molecule has 0 heterocycles. The number of halogens is 1. The van der Waals surface area contributed by atoms with Crippen molar-refractivity contribution in [3.05, 3.63) is 35.1 Å². The van der Waals surface area contributed by atoms with Crippen LogP contribution in [0.25, 0.3) is 0 Å². The third kappa shape index (κ3) is 3.89. The molecule has 0 atom stereocenters. The molecule has 0 fully saturated rings. The Morgan fingerprint density at radius 1 is 1.31 bits per heavy atom. The molecule has 4 heteroatoms. The van der Waals surface area contributed by atoms with Crippen molar-refractivity contribution < 1.29 is 9.50 Å². The Kier molecular flexibility index (Phi) is 5.38. The van der Waals surface area contributed by atoms with E-state index in [0.717, 1.165) is 17.7 Å². The van der Waals surface area contributed by atoms with E-state index < -0.39 is 0 Å². The molecule has 0 aromatic heterocycles. The summed E-state index contributed by atoms with van der Waals surface area (Å²) in [4.78, 5) is 2.05. The van der Waals surface area contributed by atoms with Gasteiger partial charge in [0.2, 0.25) is 0 Å². The predicted molar refractivity (Wildman–Crippen MR) is 62.3 cm³/mol. The van der Waals surface area contributed by atoms with Crippen molar-refractivity contribution in [1.29, 1.82) is 0 Å². The van der Waals surface area contributed by atoms with E-state index in [4.69, 9.17) is 10.8 Å². The lowest BCUT2D eigenvalue weighted by Crippen LogP contribution is -2.26. The minimum Gasteiger partial charge on any atom is -0.395 e.